The van der Waals surface area contributed by atoms with Gasteiger partial charge in [-0.25, -0.2) is 0 Å². The van der Waals surface area contributed by atoms with Gasteiger partial charge in [-0.2, -0.15) is 13.2 Å². The summed E-state index contributed by atoms with van der Waals surface area (Å²) in [6.07, 6.45) is -3.17. The highest BCUT2D eigenvalue weighted by atomic mass is 35.5. The Morgan fingerprint density at radius 2 is 1.59 bits per heavy atom. The number of hydrogen-bond acceptors (Lipinski definition) is 2. The van der Waals surface area contributed by atoms with Crippen LogP contribution in [0.15, 0.2) is 48.5 Å². The van der Waals surface area contributed by atoms with Crippen molar-refractivity contribution in [2.45, 2.75) is 25.6 Å². The van der Waals surface area contributed by atoms with Crippen molar-refractivity contribution in [2.24, 2.45) is 0 Å². The number of alkyl halides is 3. The Labute approximate surface area is 159 Å². The van der Waals surface area contributed by atoms with E-state index in [1.54, 1.807) is 0 Å². The minimum absolute atomic E-state index is 0.192. The smallest absolute Gasteiger partial charge is 0.348 e. The highest BCUT2D eigenvalue weighted by Crippen LogP contribution is 2.35. The molecule has 27 heavy (non-hydrogen) atoms. The minimum atomic E-state index is -4.59. The molecule has 0 unspecified atom stereocenters. The molecule has 0 radical (unpaired) electrons. The molecule has 4 nitrogen and oxygen atoms in total. The van der Waals surface area contributed by atoms with Gasteiger partial charge in [0.1, 0.15) is 0 Å². The van der Waals surface area contributed by atoms with E-state index in [1.165, 1.54) is 6.07 Å². The molecule has 2 rings (SSSR count). The zero-order valence-electron chi connectivity index (χ0n) is 14.3. The summed E-state index contributed by atoms with van der Waals surface area (Å²) in [6, 6.07) is 13.0. The number of nitrogens with one attached hydrogen (secondary N) is 2. The molecule has 144 valence electrons. The van der Waals surface area contributed by atoms with Crippen molar-refractivity contribution in [1.29, 1.82) is 0 Å². The first-order valence-electron chi connectivity index (χ1n) is 8.23. The van der Waals surface area contributed by atoms with Crippen LogP contribution in [0.2, 0.25) is 5.02 Å². The molecule has 0 atom stereocenters. The maximum absolute atomic E-state index is 12.8. The summed E-state index contributed by atoms with van der Waals surface area (Å²) in [5.41, 5.74) is 0.331. The van der Waals surface area contributed by atoms with Gasteiger partial charge in [0.25, 0.3) is 0 Å². The Morgan fingerprint density at radius 3 is 2.26 bits per heavy atom. The topological polar surface area (TPSA) is 58.2 Å². The van der Waals surface area contributed by atoms with Crippen molar-refractivity contribution >= 4 is 23.4 Å². The number of amides is 2. The fourth-order valence-corrected chi connectivity index (χ4v) is 2.61. The molecular weight excluding hydrogens is 381 g/mol. The van der Waals surface area contributed by atoms with Gasteiger partial charge in [0, 0.05) is 13.1 Å². The quantitative estimate of drug-likeness (QED) is 0.575. The number of carbonyl (C=O) groups is 2. The predicted octanol–water partition coefficient (Wildman–Crippen LogP) is 3.72. The number of hydrogen-bond donors (Lipinski definition) is 2. The lowest BCUT2D eigenvalue weighted by Gasteiger charge is -2.11. The lowest BCUT2D eigenvalue weighted by molar-refractivity contribution is -0.139. The molecule has 0 aliphatic heterocycles. The van der Waals surface area contributed by atoms with Crippen molar-refractivity contribution in [3.05, 3.63) is 70.2 Å². The molecule has 0 spiro atoms. The Bertz CT molecular complexity index is 795. The first-order chi connectivity index (χ1) is 12.8. The van der Waals surface area contributed by atoms with Crippen LogP contribution in [0.25, 0.3) is 0 Å². The van der Waals surface area contributed by atoms with Crippen molar-refractivity contribution < 1.29 is 22.8 Å². The van der Waals surface area contributed by atoms with Crippen LogP contribution in [0.5, 0.6) is 0 Å². The van der Waals surface area contributed by atoms with E-state index in [4.69, 9.17) is 11.6 Å². The van der Waals surface area contributed by atoms with Crippen molar-refractivity contribution in [2.75, 3.05) is 6.54 Å². The fraction of sp³-hybridized carbons (Fsp3) is 0.263. The third-order valence-electron chi connectivity index (χ3n) is 3.77. The highest BCUT2D eigenvalue weighted by molar-refractivity contribution is 6.35. The van der Waals surface area contributed by atoms with Crippen LogP contribution in [0.3, 0.4) is 0 Å². The van der Waals surface area contributed by atoms with Crippen LogP contribution in [-0.4, -0.2) is 18.4 Å². The molecule has 0 fully saturated rings. The highest BCUT2D eigenvalue weighted by Gasteiger charge is 2.33. The van der Waals surface area contributed by atoms with E-state index >= 15 is 0 Å². The SMILES string of the molecule is O=C(NCCCc1ccccc1)C(=O)NCc1ccc(Cl)c(C(F)(F)F)c1. The molecule has 2 amide bonds. The first-order valence-corrected chi connectivity index (χ1v) is 8.61. The lowest BCUT2D eigenvalue weighted by atomic mass is 10.1. The Morgan fingerprint density at radius 1 is 0.926 bits per heavy atom. The zero-order chi connectivity index (χ0) is 19.9. The normalized spacial score (nSPS) is 11.1. The summed E-state index contributed by atoms with van der Waals surface area (Å²) in [6.45, 7) is 0.108. The lowest BCUT2D eigenvalue weighted by Crippen LogP contribution is -2.40. The number of benzene rings is 2. The molecule has 0 saturated carbocycles. The van der Waals surface area contributed by atoms with Crippen molar-refractivity contribution in [3.8, 4) is 0 Å². The van der Waals surface area contributed by atoms with Gasteiger partial charge in [-0.3, -0.25) is 9.59 Å². The van der Waals surface area contributed by atoms with Gasteiger partial charge in [-0.05, 0) is 36.1 Å². The average molecular weight is 399 g/mol. The van der Waals surface area contributed by atoms with Gasteiger partial charge < -0.3 is 10.6 Å². The van der Waals surface area contributed by atoms with Crippen LogP contribution in [0, 0.1) is 0 Å². The van der Waals surface area contributed by atoms with Crippen LogP contribution < -0.4 is 10.6 Å². The summed E-state index contributed by atoms with van der Waals surface area (Å²) < 4.78 is 38.4. The van der Waals surface area contributed by atoms with E-state index in [1.807, 2.05) is 30.3 Å². The van der Waals surface area contributed by atoms with Crippen LogP contribution in [0.1, 0.15) is 23.1 Å². The number of aryl methyl sites for hydroxylation is 1. The number of halogens is 4. The van der Waals surface area contributed by atoms with Crippen LogP contribution in [0.4, 0.5) is 13.2 Å². The third-order valence-corrected chi connectivity index (χ3v) is 4.10. The van der Waals surface area contributed by atoms with Crippen molar-refractivity contribution in [3.63, 3.8) is 0 Å². The largest absolute Gasteiger partial charge is 0.417 e. The Hall–Kier alpha value is -2.54. The molecule has 0 heterocycles. The maximum atomic E-state index is 12.8. The molecule has 2 aromatic carbocycles. The monoisotopic (exact) mass is 398 g/mol. The van der Waals surface area contributed by atoms with E-state index < -0.39 is 28.6 Å². The van der Waals surface area contributed by atoms with Gasteiger partial charge in [0.05, 0.1) is 10.6 Å². The number of carbonyl (C=O) groups excluding carboxylic acids is 2. The van der Waals surface area contributed by atoms with E-state index in [2.05, 4.69) is 10.6 Å². The average Bonchev–Trinajstić information content (AvgIpc) is 2.64. The fourth-order valence-electron chi connectivity index (χ4n) is 2.38. The second-order valence-electron chi connectivity index (χ2n) is 5.84. The number of rotatable bonds is 6. The van der Waals surface area contributed by atoms with Crippen molar-refractivity contribution in [1.82, 2.24) is 10.6 Å². The molecule has 0 aromatic heterocycles. The predicted molar refractivity (Wildman–Crippen MR) is 96.1 cm³/mol. The van der Waals surface area contributed by atoms with Crippen LogP contribution >= 0.6 is 11.6 Å². The van der Waals surface area contributed by atoms with Gasteiger partial charge in [0.2, 0.25) is 0 Å². The van der Waals surface area contributed by atoms with E-state index in [-0.39, 0.29) is 12.1 Å². The summed E-state index contributed by atoms with van der Waals surface area (Å²) in [5, 5.41) is 4.35. The molecule has 0 bridgehead atoms. The summed E-state index contributed by atoms with van der Waals surface area (Å²) in [5.74, 6) is -1.73. The molecular formula is C19H18ClF3N2O2. The molecule has 0 aliphatic carbocycles. The summed E-state index contributed by atoms with van der Waals surface area (Å²) in [7, 11) is 0. The van der Waals surface area contributed by atoms with Gasteiger partial charge in [-0.15, -0.1) is 0 Å². The van der Waals surface area contributed by atoms with Gasteiger partial charge >= 0.3 is 18.0 Å². The maximum Gasteiger partial charge on any atom is 0.417 e. The Balaban J connectivity index is 1.77. The van der Waals surface area contributed by atoms with Gasteiger partial charge in [-0.1, -0.05) is 48.0 Å². The standard InChI is InChI=1S/C19H18ClF3N2O2/c20-16-9-8-14(11-15(16)19(21,22)23)12-25-18(27)17(26)24-10-4-7-13-5-2-1-3-6-13/h1-3,5-6,8-9,11H,4,7,10,12H2,(H,24,26)(H,25,27). The molecule has 0 aliphatic rings. The second-order valence-corrected chi connectivity index (χ2v) is 6.25. The second kappa shape index (κ2) is 9.41. The molecule has 2 aromatic rings. The summed E-state index contributed by atoms with van der Waals surface area (Å²) in [4.78, 5) is 23.5. The zero-order valence-corrected chi connectivity index (χ0v) is 15.0. The first kappa shape index (κ1) is 20.8. The van der Waals surface area contributed by atoms with Crippen LogP contribution in [-0.2, 0) is 28.7 Å². The molecule has 0 saturated heterocycles. The minimum Gasteiger partial charge on any atom is -0.348 e. The third kappa shape index (κ3) is 6.60. The van der Waals surface area contributed by atoms with E-state index in [0.717, 1.165) is 24.1 Å². The Kier molecular flexibility index (Phi) is 7.24. The molecule has 8 heteroatoms. The van der Waals surface area contributed by atoms with E-state index in [0.29, 0.717) is 13.0 Å². The van der Waals surface area contributed by atoms with E-state index in [9.17, 15) is 22.8 Å². The van der Waals surface area contributed by atoms with Gasteiger partial charge in [0.15, 0.2) is 0 Å². The summed E-state index contributed by atoms with van der Waals surface area (Å²) >= 11 is 5.54. The molecule has 2 N–H and O–H groups in total.